The maximum atomic E-state index is 10.1. The molecule has 0 aliphatic heterocycles. The number of hydrogen-bond donors (Lipinski definition) is 0. The lowest BCUT2D eigenvalue weighted by molar-refractivity contribution is 0.660. The molecule has 1 aromatic heterocycles. The van der Waals surface area contributed by atoms with Gasteiger partial charge in [0.25, 0.3) is 0 Å². The van der Waals surface area contributed by atoms with Crippen LogP contribution in [0.2, 0.25) is 0 Å². The Morgan fingerprint density at radius 3 is 1.56 bits per heavy atom. The summed E-state index contributed by atoms with van der Waals surface area (Å²) in [7, 11) is 0. The van der Waals surface area contributed by atoms with Crippen LogP contribution < -0.4 is 0 Å². The van der Waals surface area contributed by atoms with Crippen LogP contribution in [0.15, 0.2) is 176 Å². The summed E-state index contributed by atoms with van der Waals surface area (Å²) in [6, 6.07) is 65.7. The van der Waals surface area contributed by atoms with Crippen LogP contribution in [0, 0.1) is 22.7 Å². The second-order valence-electron chi connectivity index (χ2n) is 16.9. The fourth-order valence-corrected chi connectivity index (χ4v) is 10.1. The van der Waals surface area contributed by atoms with Gasteiger partial charge in [-0.3, -0.25) is 0 Å². The van der Waals surface area contributed by atoms with Gasteiger partial charge in [-0.25, -0.2) is 15.0 Å². The van der Waals surface area contributed by atoms with Crippen molar-refractivity contribution in [2.45, 2.75) is 19.3 Å². The van der Waals surface area contributed by atoms with Crippen molar-refractivity contribution >= 4 is 21.5 Å². The van der Waals surface area contributed by atoms with Gasteiger partial charge in [0.2, 0.25) is 0 Å². The third-order valence-corrected chi connectivity index (χ3v) is 13.2. The van der Waals surface area contributed by atoms with Crippen LogP contribution in [0.3, 0.4) is 0 Å². The molecule has 0 fully saturated rings. The first-order valence-corrected chi connectivity index (χ1v) is 21.1. The molecule has 292 valence electrons. The molecule has 0 bridgehead atoms. The zero-order valence-corrected chi connectivity index (χ0v) is 34.5. The van der Waals surface area contributed by atoms with Gasteiger partial charge < -0.3 is 0 Å². The molecular weight excluding hydrogens is 767 g/mol. The molecule has 9 aromatic carbocycles. The molecule has 0 saturated carbocycles. The molecule has 5 nitrogen and oxygen atoms in total. The van der Waals surface area contributed by atoms with E-state index in [9.17, 15) is 10.5 Å². The van der Waals surface area contributed by atoms with Crippen LogP contribution in [0.5, 0.6) is 0 Å². The predicted octanol–water partition coefficient (Wildman–Crippen LogP) is 14.2. The SMILES string of the molecule is CC1(C)c2ccccc2-c2ccc(-c3nc(-c4ccccc4)nc(-c4ccc(-c5ccc6c7c(ccc(-c8ccc(C#N)c9cc(C#N)ccc89)c57)-c5ccccc5-6)cc4)n3)cc21. The lowest BCUT2D eigenvalue weighted by Crippen LogP contribution is -2.15. The van der Waals surface area contributed by atoms with E-state index in [1.54, 1.807) is 0 Å². The van der Waals surface area contributed by atoms with Crippen molar-refractivity contribution in [2.24, 2.45) is 0 Å². The number of fused-ring (bicyclic) bond motifs is 7. The van der Waals surface area contributed by atoms with Crippen LogP contribution in [-0.2, 0) is 5.41 Å². The van der Waals surface area contributed by atoms with E-state index in [0.717, 1.165) is 55.1 Å². The second-order valence-corrected chi connectivity index (χ2v) is 16.9. The molecule has 0 saturated heterocycles. The van der Waals surface area contributed by atoms with E-state index in [2.05, 4.69) is 147 Å². The van der Waals surface area contributed by atoms with Crippen LogP contribution in [0.4, 0.5) is 0 Å². The normalized spacial score (nSPS) is 12.7. The summed E-state index contributed by atoms with van der Waals surface area (Å²) in [5.74, 6) is 1.85. The van der Waals surface area contributed by atoms with Gasteiger partial charge in [-0.15, -0.1) is 0 Å². The zero-order chi connectivity index (χ0) is 42.4. The highest BCUT2D eigenvalue weighted by Gasteiger charge is 2.35. The fourth-order valence-electron chi connectivity index (χ4n) is 10.1. The van der Waals surface area contributed by atoms with Gasteiger partial charge in [0.05, 0.1) is 23.3 Å². The summed E-state index contributed by atoms with van der Waals surface area (Å²) in [6.45, 7) is 4.58. The zero-order valence-electron chi connectivity index (χ0n) is 34.5. The summed E-state index contributed by atoms with van der Waals surface area (Å²) < 4.78 is 0. The van der Waals surface area contributed by atoms with E-state index in [1.165, 1.54) is 49.9 Å². The lowest BCUT2D eigenvalue weighted by atomic mass is 9.82. The number of rotatable bonds is 5. The first-order valence-electron chi connectivity index (χ1n) is 21.1. The first kappa shape index (κ1) is 36.4. The molecule has 1 heterocycles. The van der Waals surface area contributed by atoms with E-state index in [4.69, 9.17) is 15.0 Å². The maximum Gasteiger partial charge on any atom is 0.164 e. The molecule has 2 aliphatic rings. The Labute approximate surface area is 364 Å². The Bertz CT molecular complexity index is 3630. The third-order valence-electron chi connectivity index (χ3n) is 13.2. The molecule has 63 heavy (non-hydrogen) atoms. The molecule has 2 aliphatic carbocycles. The van der Waals surface area contributed by atoms with Crippen molar-refractivity contribution in [3.05, 3.63) is 198 Å². The van der Waals surface area contributed by atoms with E-state index in [0.29, 0.717) is 28.6 Å². The van der Waals surface area contributed by atoms with Gasteiger partial charge in [-0.05, 0) is 107 Å². The Balaban J connectivity index is 1.02. The molecule has 5 heteroatoms. The molecule has 10 aromatic rings. The fraction of sp³-hybridized carbons (Fsp3) is 0.0517. The average molecular weight is 802 g/mol. The van der Waals surface area contributed by atoms with E-state index >= 15 is 0 Å². The molecule has 12 rings (SSSR count). The molecule has 0 unspecified atom stereocenters. The van der Waals surface area contributed by atoms with E-state index in [-0.39, 0.29) is 5.41 Å². The number of nitriles is 2. The van der Waals surface area contributed by atoms with Crippen molar-refractivity contribution < 1.29 is 0 Å². The standard InChI is InChI=1S/C58H35N5/c1-58(2)51-15-9-8-14-45(51)46-25-21-38(31-52(46)58)57-62-55(36-10-4-3-5-11-36)61-56(63-57)37-19-17-35(18-20-37)40-26-27-47-41-12-6-7-13-42(41)48-28-29-49(53(40)54(47)48)43-24-22-39(33-60)50-30-34(32-59)16-23-44(43)50/h3-31H,1-2H3. The quantitative estimate of drug-likeness (QED) is 0.173. The number of hydrogen-bond acceptors (Lipinski definition) is 5. The van der Waals surface area contributed by atoms with Crippen molar-refractivity contribution in [1.29, 1.82) is 10.5 Å². The van der Waals surface area contributed by atoms with Gasteiger partial charge >= 0.3 is 0 Å². The van der Waals surface area contributed by atoms with Crippen LogP contribution in [0.1, 0.15) is 36.1 Å². The second kappa shape index (κ2) is 13.8. The van der Waals surface area contributed by atoms with Crippen molar-refractivity contribution in [3.63, 3.8) is 0 Å². The monoisotopic (exact) mass is 801 g/mol. The number of benzene rings is 9. The summed E-state index contributed by atoms with van der Waals surface area (Å²) >= 11 is 0. The van der Waals surface area contributed by atoms with Gasteiger partial charge in [0, 0.05) is 27.5 Å². The predicted molar refractivity (Wildman–Crippen MR) is 253 cm³/mol. The minimum atomic E-state index is -0.157. The molecule has 0 amide bonds. The van der Waals surface area contributed by atoms with Gasteiger partial charge in [0.15, 0.2) is 17.5 Å². The Kier molecular flexibility index (Phi) is 7.94. The maximum absolute atomic E-state index is 10.1. The molecular formula is C58H35N5. The molecule has 0 radical (unpaired) electrons. The summed E-state index contributed by atoms with van der Waals surface area (Å²) in [6.07, 6.45) is 0. The van der Waals surface area contributed by atoms with Gasteiger partial charge in [-0.2, -0.15) is 10.5 Å². The average Bonchev–Trinajstić information content (AvgIpc) is 3.79. The minimum absolute atomic E-state index is 0.157. The summed E-state index contributed by atoms with van der Waals surface area (Å²) in [5.41, 5.74) is 17.9. The minimum Gasteiger partial charge on any atom is -0.208 e. The molecule has 0 N–H and O–H groups in total. The third kappa shape index (κ3) is 5.51. The summed E-state index contributed by atoms with van der Waals surface area (Å²) in [4.78, 5) is 15.3. The largest absolute Gasteiger partial charge is 0.208 e. The van der Waals surface area contributed by atoms with Crippen molar-refractivity contribution in [3.8, 4) is 102 Å². The summed E-state index contributed by atoms with van der Waals surface area (Å²) in [5, 5.41) is 23.9. The highest BCUT2D eigenvalue weighted by Crippen LogP contribution is 2.53. The van der Waals surface area contributed by atoms with Crippen LogP contribution in [-0.4, -0.2) is 15.0 Å². The highest BCUT2D eigenvalue weighted by atomic mass is 15.0. The van der Waals surface area contributed by atoms with Crippen molar-refractivity contribution in [2.75, 3.05) is 0 Å². The van der Waals surface area contributed by atoms with Gasteiger partial charge in [0.1, 0.15) is 0 Å². The molecule has 0 spiro atoms. The van der Waals surface area contributed by atoms with Gasteiger partial charge in [-0.1, -0.05) is 166 Å². The highest BCUT2D eigenvalue weighted by molar-refractivity contribution is 6.24. The van der Waals surface area contributed by atoms with Crippen LogP contribution >= 0.6 is 0 Å². The Morgan fingerprint density at radius 2 is 0.873 bits per heavy atom. The van der Waals surface area contributed by atoms with Crippen molar-refractivity contribution in [1.82, 2.24) is 15.0 Å². The Hall–Kier alpha value is -8.51. The lowest BCUT2D eigenvalue weighted by Gasteiger charge is -2.21. The Morgan fingerprint density at radius 1 is 0.365 bits per heavy atom. The smallest absolute Gasteiger partial charge is 0.164 e. The number of nitrogens with zero attached hydrogens (tertiary/aromatic N) is 5. The first-order chi connectivity index (χ1) is 30.9. The van der Waals surface area contributed by atoms with Crippen LogP contribution in [0.25, 0.3) is 111 Å². The molecule has 0 atom stereocenters. The van der Waals surface area contributed by atoms with E-state index < -0.39 is 0 Å². The topological polar surface area (TPSA) is 86.2 Å². The number of aromatic nitrogens is 3. The van der Waals surface area contributed by atoms with E-state index in [1.807, 2.05) is 54.6 Å².